The van der Waals surface area contributed by atoms with Crippen LogP contribution in [0.5, 0.6) is 0 Å². The first kappa shape index (κ1) is 14.5. The van der Waals surface area contributed by atoms with Crippen LogP contribution in [0.4, 0.5) is 5.69 Å². The molecule has 7 heteroatoms. The summed E-state index contributed by atoms with van der Waals surface area (Å²) in [4.78, 5) is 11.9. The SMILES string of the molecule is COCCOCCNC(=O)c1c(N)c(C)nn1C. The number of rotatable bonds is 7. The number of methoxy groups -OCH3 is 1. The average Bonchev–Trinajstić information content (AvgIpc) is 2.58. The minimum absolute atomic E-state index is 0.244. The Morgan fingerprint density at radius 2 is 2.17 bits per heavy atom. The average molecular weight is 256 g/mol. The van der Waals surface area contributed by atoms with E-state index in [2.05, 4.69) is 10.4 Å². The van der Waals surface area contributed by atoms with Crippen LogP contribution in [0.25, 0.3) is 0 Å². The number of carbonyl (C=O) groups is 1. The van der Waals surface area contributed by atoms with Gasteiger partial charge in [-0.3, -0.25) is 9.48 Å². The van der Waals surface area contributed by atoms with E-state index < -0.39 is 0 Å². The number of anilines is 1. The van der Waals surface area contributed by atoms with Gasteiger partial charge in [-0.05, 0) is 6.92 Å². The first-order chi connectivity index (χ1) is 8.57. The van der Waals surface area contributed by atoms with E-state index in [9.17, 15) is 4.79 Å². The molecule has 0 saturated heterocycles. The van der Waals surface area contributed by atoms with Crippen LogP contribution >= 0.6 is 0 Å². The Balaban J connectivity index is 2.37. The van der Waals surface area contributed by atoms with Crippen molar-refractivity contribution in [1.29, 1.82) is 0 Å². The summed E-state index contributed by atoms with van der Waals surface area (Å²) < 4.78 is 11.5. The molecule has 1 aromatic rings. The molecular weight excluding hydrogens is 236 g/mol. The minimum Gasteiger partial charge on any atom is -0.395 e. The number of aromatic nitrogens is 2. The molecule has 1 heterocycles. The Labute approximate surface area is 106 Å². The van der Waals surface area contributed by atoms with Crippen LogP contribution in [-0.2, 0) is 16.5 Å². The molecule has 7 nitrogen and oxygen atoms in total. The third-order valence-corrected chi connectivity index (χ3v) is 2.45. The van der Waals surface area contributed by atoms with Crippen molar-refractivity contribution in [3.05, 3.63) is 11.4 Å². The van der Waals surface area contributed by atoms with Crippen molar-refractivity contribution in [2.45, 2.75) is 6.92 Å². The lowest BCUT2D eigenvalue weighted by Gasteiger charge is -2.07. The molecule has 102 valence electrons. The van der Waals surface area contributed by atoms with Crippen LogP contribution < -0.4 is 11.1 Å². The molecule has 3 N–H and O–H groups in total. The molecule has 1 amide bonds. The second-order valence-corrected chi connectivity index (χ2v) is 3.83. The molecule has 0 aliphatic heterocycles. The van der Waals surface area contributed by atoms with Gasteiger partial charge in [-0.2, -0.15) is 5.10 Å². The Hall–Kier alpha value is -1.60. The molecule has 0 radical (unpaired) electrons. The number of nitrogens with one attached hydrogen (secondary N) is 1. The molecule has 0 fully saturated rings. The highest BCUT2D eigenvalue weighted by molar-refractivity contribution is 5.97. The van der Waals surface area contributed by atoms with E-state index in [1.54, 1.807) is 21.1 Å². The van der Waals surface area contributed by atoms with Crippen molar-refractivity contribution >= 4 is 11.6 Å². The topological polar surface area (TPSA) is 91.4 Å². The number of nitrogen functional groups attached to an aromatic ring is 1. The van der Waals surface area contributed by atoms with E-state index in [0.717, 1.165) is 0 Å². The van der Waals surface area contributed by atoms with Crippen LogP contribution in [-0.4, -0.2) is 49.2 Å². The highest BCUT2D eigenvalue weighted by atomic mass is 16.5. The van der Waals surface area contributed by atoms with Gasteiger partial charge < -0.3 is 20.5 Å². The number of nitrogens with two attached hydrogens (primary N) is 1. The van der Waals surface area contributed by atoms with Crippen molar-refractivity contribution in [2.75, 3.05) is 39.2 Å². The number of hydrogen-bond acceptors (Lipinski definition) is 5. The zero-order valence-electron chi connectivity index (χ0n) is 11.0. The van der Waals surface area contributed by atoms with Gasteiger partial charge >= 0.3 is 0 Å². The van der Waals surface area contributed by atoms with Gasteiger partial charge in [0.2, 0.25) is 0 Å². The maximum absolute atomic E-state index is 11.9. The van der Waals surface area contributed by atoms with E-state index in [1.807, 2.05) is 0 Å². The predicted octanol–water partition coefficient (Wildman–Crippen LogP) is -0.296. The molecule has 0 bridgehead atoms. The molecule has 0 aliphatic rings. The third kappa shape index (κ3) is 3.71. The Kier molecular flexibility index (Phi) is 5.60. The van der Waals surface area contributed by atoms with Gasteiger partial charge in [0.15, 0.2) is 0 Å². The quantitative estimate of drug-likeness (QED) is 0.654. The van der Waals surface area contributed by atoms with E-state index in [4.69, 9.17) is 15.2 Å². The predicted molar refractivity (Wildman–Crippen MR) is 67.4 cm³/mol. The summed E-state index contributed by atoms with van der Waals surface area (Å²) >= 11 is 0. The second-order valence-electron chi connectivity index (χ2n) is 3.83. The molecule has 0 saturated carbocycles. The van der Waals surface area contributed by atoms with Crippen LogP contribution in [0.3, 0.4) is 0 Å². The highest BCUT2D eigenvalue weighted by Gasteiger charge is 2.17. The number of ether oxygens (including phenoxy) is 2. The smallest absolute Gasteiger partial charge is 0.271 e. The van der Waals surface area contributed by atoms with Gasteiger partial charge in [0.25, 0.3) is 5.91 Å². The van der Waals surface area contributed by atoms with Gasteiger partial charge in [-0.1, -0.05) is 0 Å². The van der Waals surface area contributed by atoms with Crippen molar-refractivity contribution in [1.82, 2.24) is 15.1 Å². The van der Waals surface area contributed by atoms with Crippen molar-refractivity contribution in [3.63, 3.8) is 0 Å². The fourth-order valence-corrected chi connectivity index (χ4v) is 1.51. The number of amides is 1. The van der Waals surface area contributed by atoms with Crippen LogP contribution in [0.15, 0.2) is 0 Å². The first-order valence-corrected chi connectivity index (χ1v) is 5.72. The zero-order chi connectivity index (χ0) is 13.5. The van der Waals surface area contributed by atoms with Gasteiger partial charge in [0.05, 0.1) is 31.2 Å². The molecular formula is C11H20N4O3. The van der Waals surface area contributed by atoms with Crippen molar-refractivity contribution in [2.24, 2.45) is 7.05 Å². The largest absolute Gasteiger partial charge is 0.395 e. The number of carbonyl (C=O) groups excluding carboxylic acids is 1. The van der Waals surface area contributed by atoms with Crippen LogP contribution in [0.1, 0.15) is 16.2 Å². The standard InChI is InChI=1S/C11H20N4O3/c1-8-9(12)10(15(2)14-8)11(16)13-4-5-18-7-6-17-3/h4-7,12H2,1-3H3,(H,13,16). The van der Waals surface area contributed by atoms with Crippen LogP contribution in [0.2, 0.25) is 0 Å². The van der Waals surface area contributed by atoms with Crippen molar-refractivity contribution in [3.8, 4) is 0 Å². The normalized spacial score (nSPS) is 10.6. The Morgan fingerprint density at radius 1 is 1.44 bits per heavy atom. The number of hydrogen-bond donors (Lipinski definition) is 2. The summed E-state index contributed by atoms with van der Waals surface area (Å²) in [5.41, 5.74) is 7.23. The molecule has 1 rings (SSSR count). The molecule has 0 aromatic carbocycles. The summed E-state index contributed by atoms with van der Waals surface area (Å²) in [7, 11) is 3.30. The molecule has 0 atom stereocenters. The molecule has 18 heavy (non-hydrogen) atoms. The lowest BCUT2D eigenvalue weighted by Crippen LogP contribution is -2.29. The molecule has 1 aromatic heterocycles. The first-order valence-electron chi connectivity index (χ1n) is 5.72. The maximum Gasteiger partial charge on any atom is 0.271 e. The van der Waals surface area contributed by atoms with Gasteiger partial charge in [-0.25, -0.2) is 0 Å². The summed E-state index contributed by atoms with van der Waals surface area (Å²) in [5, 5.41) is 6.81. The fraction of sp³-hybridized carbons (Fsp3) is 0.636. The Morgan fingerprint density at radius 3 is 2.72 bits per heavy atom. The zero-order valence-corrected chi connectivity index (χ0v) is 11.0. The van der Waals surface area contributed by atoms with E-state index in [-0.39, 0.29) is 5.91 Å². The highest BCUT2D eigenvalue weighted by Crippen LogP contribution is 2.14. The van der Waals surface area contributed by atoms with Gasteiger partial charge in [0.1, 0.15) is 5.69 Å². The number of aryl methyl sites for hydroxylation is 2. The maximum atomic E-state index is 11.9. The van der Waals surface area contributed by atoms with E-state index in [1.165, 1.54) is 4.68 Å². The van der Waals surface area contributed by atoms with Crippen LogP contribution in [0, 0.1) is 6.92 Å². The third-order valence-electron chi connectivity index (χ3n) is 2.45. The summed E-state index contributed by atoms with van der Waals surface area (Å²) in [6, 6.07) is 0. The summed E-state index contributed by atoms with van der Waals surface area (Å²) in [6.45, 7) is 3.68. The molecule has 0 aliphatic carbocycles. The fourth-order valence-electron chi connectivity index (χ4n) is 1.51. The van der Waals surface area contributed by atoms with E-state index in [0.29, 0.717) is 43.4 Å². The van der Waals surface area contributed by atoms with Gasteiger partial charge in [0, 0.05) is 20.7 Å². The molecule has 0 spiro atoms. The van der Waals surface area contributed by atoms with Crippen molar-refractivity contribution < 1.29 is 14.3 Å². The van der Waals surface area contributed by atoms with E-state index >= 15 is 0 Å². The minimum atomic E-state index is -0.244. The lowest BCUT2D eigenvalue weighted by atomic mass is 10.3. The Bertz CT molecular complexity index is 403. The molecule has 0 unspecified atom stereocenters. The monoisotopic (exact) mass is 256 g/mol. The number of nitrogens with zero attached hydrogens (tertiary/aromatic N) is 2. The van der Waals surface area contributed by atoms with Gasteiger partial charge in [-0.15, -0.1) is 0 Å². The summed E-state index contributed by atoms with van der Waals surface area (Å²) in [5.74, 6) is -0.244. The second kappa shape index (κ2) is 6.97. The summed E-state index contributed by atoms with van der Waals surface area (Å²) in [6.07, 6.45) is 0. The lowest BCUT2D eigenvalue weighted by molar-refractivity contribution is 0.0691.